The highest BCUT2D eigenvalue weighted by Crippen LogP contribution is 2.38. The molecule has 0 aromatic heterocycles. The molecular weight excluding hydrogens is 375 g/mol. The largest absolute Gasteiger partial charge is 0.496 e. The van der Waals surface area contributed by atoms with E-state index in [0.29, 0.717) is 5.56 Å². The van der Waals surface area contributed by atoms with Gasteiger partial charge in [0.15, 0.2) is 0 Å². The van der Waals surface area contributed by atoms with Crippen molar-refractivity contribution in [1.82, 2.24) is 0 Å². The van der Waals surface area contributed by atoms with Gasteiger partial charge >= 0.3 is 0 Å². The van der Waals surface area contributed by atoms with Crippen molar-refractivity contribution in [3.63, 3.8) is 0 Å². The number of rotatable bonds is 3. The summed E-state index contributed by atoms with van der Waals surface area (Å²) in [6.45, 7) is 2.00. The van der Waals surface area contributed by atoms with Crippen LogP contribution in [0.4, 0.5) is 4.39 Å². The molecule has 0 aliphatic heterocycles. The molecular formula is C15H13Br2FO. The molecule has 19 heavy (non-hydrogen) atoms. The fourth-order valence-electron chi connectivity index (χ4n) is 1.93. The van der Waals surface area contributed by atoms with Gasteiger partial charge in [0, 0.05) is 15.6 Å². The summed E-state index contributed by atoms with van der Waals surface area (Å²) in [7, 11) is 1.62. The van der Waals surface area contributed by atoms with Crippen LogP contribution in [0.15, 0.2) is 40.9 Å². The van der Waals surface area contributed by atoms with Crippen LogP contribution in [-0.4, -0.2) is 7.11 Å². The summed E-state index contributed by atoms with van der Waals surface area (Å²) in [5, 5.41) is 0. The summed E-state index contributed by atoms with van der Waals surface area (Å²) in [5.74, 6) is 0.500. The predicted octanol–water partition coefficient (Wildman–Crippen LogP) is 5.39. The van der Waals surface area contributed by atoms with Crippen LogP contribution in [-0.2, 0) is 0 Å². The minimum atomic E-state index is -0.250. The van der Waals surface area contributed by atoms with Gasteiger partial charge in [-0.15, -0.1) is 0 Å². The van der Waals surface area contributed by atoms with Crippen LogP contribution in [0.2, 0.25) is 0 Å². The summed E-state index contributed by atoms with van der Waals surface area (Å²) in [5.41, 5.74) is 2.61. The van der Waals surface area contributed by atoms with Crippen molar-refractivity contribution in [3.05, 3.63) is 63.4 Å². The molecule has 100 valence electrons. The Balaban J connectivity index is 2.51. The summed E-state index contributed by atoms with van der Waals surface area (Å²) in [6, 6.07) is 10.8. The monoisotopic (exact) mass is 386 g/mol. The van der Waals surface area contributed by atoms with Gasteiger partial charge in [0.1, 0.15) is 11.6 Å². The van der Waals surface area contributed by atoms with Crippen molar-refractivity contribution in [1.29, 1.82) is 0 Å². The first-order valence-corrected chi connectivity index (χ1v) is 7.47. The Bertz CT molecular complexity index is 599. The predicted molar refractivity (Wildman–Crippen MR) is 82.6 cm³/mol. The van der Waals surface area contributed by atoms with E-state index < -0.39 is 0 Å². The third kappa shape index (κ3) is 3.18. The minimum absolute atomic E-state index is 0.242. The number of alkyl halides is 1. The van der Waals surface area contributed by atoms with E-state index in [1.807, 2.05) is 25.1 Å². The van der Waals surface area contributed by atoms with Crippen LogP contribution >= 0.6 is 31.9 Å². The van der Waals surface area contributed by atoms with E-state index in [1.54, 1.807) is 19.2 Å². The van der Waals surface area contributed by atoms with Gasteiger partial charge in [-0.05, 0) is 31.2 Å². The normalized spacial score (nSPS) is 12.3. The fraction of sp³-hybridized carbons (Fsp3) is 0.200. The molecule has 0 radical (unpaired) electrons. The maximum Gasteiger partial charge on any atom is 0.127 e. The first kappa shape index (κ1) is 14.5. The number of ether oxygens (including phenoxy) is 1. The van der Waals surface area contributed by atoms with Crippen molar-refractivity contribution in [2.75, 3.05) is 7.11 Å². The van der Waals surface area contributed by atoms with E-state index in [9.17, 15) is 4.39 Å². The van der Waals surface area contributed by atoms with Gasteiger partial charge in [0.2, 0.25) is 0 Å². The highest BCUT2D eigenvalue weighted by atomic mass is 79.9. The van der Waals surface area contributed by atoms with E-state index in [2.05, 4.69) is 31.9 Å². The Morgan fingerprint density at radius 2 is 1.84 bits per heavy atom. The second-order valence-electron chi connectivity index (χ2n) is 4.27. The van der Waals surface area contributed by atoms with E-state index in [4.69, 9.17) is 4.74 Å². The highest BCUT2D eigenvalue weighted by molar-refractivity contribution is 9.10. The van der Waals surface area contributed by atoms with Crippen molar-refractivity contribution < 1.29 is 9.13 Å². The summed E-state index contributed by atoms with van der Waals surface area (Å²) >= 11 is 6.93. The van der Waals surface area contributed by atoms with Crippen LogP contribution in [0.25, 0.3) is 0 Å². The lowest BCUT2D eigenvalue weighted by atomic mass is 10.0. The number of methoxy groups -OCH3 is 1. The Morgan fingerprint density at radius 1 is 1.11 bits per heavy atom. The molecule has 0 N–H and O–H groups in total. The first-order valence-electron chi connectivity index (χ1n) is 5.76. The molecule has 0 saturated carbocycles. The van der Waals surface area contributed by atoms with E-state index in [1.165, 1.54) is 6.07 Å². The smallest absolute Gasteiger partial charge is 0.127 e. The molecule has 4 heteroatoms. The van der Waals surface area contributed by atoms with Crippen LogP contribution in [0, 0.1) is 12.7 Å². The Kier molecular flexibility index (Phi) is 4.63. The number of aryl methyl sites for hydroxylation is 1. The Labute approximate surface area is 129 Å². The van der Waals surface area contributed by atoms with Crippen molar-refractivity contribution in [2.45, 2.75) is 11.8 Å². The molecule has 1 unspecified atom stereocenters. The van der Waals surface area contributed by atoms with Gasteiger partial charge in [-0.3, -0.25) is 0 Å². The molecule has 0 fully saturated rings. The van der Waals surface area contributed by atoms with Gasteiger partial charge in [-0.2, -0.15) is 0 Å². The number of hydrogen-bond acceptors (Lipinski definition) is 1. The van der Waals surface area contributed by atoms with E-state index >= 15 is 0 Å². The van der Waals surface area contributed by atoms with Gasteiger partial charge < -0.3 is 4.74 Å². The van der Waals surface area contributed by atoms with Crippen LogP contribution in [0.3, 0.4) is 0 Å². The third-order valence-corrected chi connectivity index (χ3v) is 4.37. The van der Waals surface area contributed by atoms with Crippen LogP contribution in [0.1, 0.15) is 21.5 Å². The summed E-state index contributed by atoms with van der Waals surface area (Å²) in [6.07, 6.45) is 0. The molecule has 0 amide bonds. The van der Waals surface area contributed by atoms with Gasteiger partial charge in [0.05, 0.1) is 11.9 Å². The molecule has 0 heterocycles. The van der Waals surface area contributed by atoms with Gasteiger partial charge in [0.25, 0.3) is 0 Å². The molecule has 0 saturated heterocycles. The van der Waals surface area contributed by atoms with E-state index in [-0.39, 0.29) is 10.6 Å². The number of benzene rings is 2. The molecule has 0 aliphatic rings. The second kappa shape index (κ2) is 6.06. The van der Waals surface area contributed by atoms with Crippen molar-refractivity contribution >= 4 is 31.9 Å². The lowest BCUT2D eigenvalue weighted by molar-refractivity contribution is 0.410. The molecule has 0 spiro atoms. The van der Waals surface area contributed by atoms with Crippen LogP contribution in [0.5, 0.6) is 5.75 Å². The lowest BCUT2D eigenvalue weighted by Crippen LogP contribution is -2.00. The lowest BCUT2D eigenvalue weighted by Gasteiger charge is -2.16. The molecule has 0 aliphatic carbocycles. The zero-order valence-electron chi connectivity index (χ0n) is 10.6. The number of halogens is 3. The molecule has 2 rings (SSSR count). The zero-order valence-corrected chi connectivity index (χ0v) is 13.8. The second-order valence-corrected chi connectivity index (χ2v) is 6.11. The summed E-state index contributed by atoms with van der Waals surface area (Å²) < 4.78 is 20.1. The van der Waals surface area contributed by atoms with Gasteiger partial charge in [-0.25, -0.2) is 4.39 Å². The van der Waals surface area contributed by atoms with Crippen LogP contribution < -0.4 is 4.74 Å². The first-order chi connectivity index (χ1) is 9.02. The Morgan fingerprint density at radius 3 is 2.53 bits per heavy atom. The fourth-order valence-corrected chi connectivity index (χ4v) is 3.02. The maximum absolute atomic E-state index is 14.0. The topological polar surface area (TPSA) is 9.23 Å². The third-order valence-electron chi connectivity index (χ3n) is 2.89. The maximum atomic E-state index is 14.0. The number of hydrogen-bond donors (Lipinski definition) is 0. The molecule has 1 nitrogen and oxygen atoms in total. The van der Waals surface area contributed by atoms with Gasteiger partial charge in [-0.1, -0.05) is 49.6 Å². The van der Waals surface area contributed by atoms with Crippen molar-refractivity contribution in [2.24, 2.45) is 0 Å². The average molecular weight is 388 g/mol. The average Bonchev–Trinajstić information content (AvgIpc) is 2.40. The zero-order chi connectivity index (χ0) is 14.0. The SMILES string of the molecule is COc1ccc(C)cc1C(Br)c1cc(Br)ccc1F. The quantitative estimate of drug-likeness (QED) is 0.641. The van der Waals surface area contributed by atoms with Crippen molar-refractivity contribution in [3.8, 4) is 5.75 Å². The molecule has 1 atom stereocenters. The molecule has 2 aromatic carbocycles. The Hall–Kier alpha value is -0.870. The molecule has 0 bridgehead atoms. The van der Waals surface area contributed by atoms with E-state index in [0.717, 1.165) is 21.3 Å². The minimum Gasteiger partial charge on any atom is -0.496 e. The molecule has 2 aromatic rings. The standard InChI is InChI=1S/C15H13Br2FO/c1-9-3-6-14(19-2)12(7-9)15(17)11-8-10(16)4-5-13(11)18/h3-8,15H,1-2H3. The highest BCUT2D eigenvalue weighted by Gasteiger charge is 2.19. The summed E-state index contributed by atoms with van der Waals surface area (Å²) in [4.78, 5) is -0.250.